The summed E-state index contributed by atoms with van der Waals surface area (Å²) < 4.78 is 2.26. The van der Waals surface area contributed by atoms with Gasteiger partial charge < -0.3 is 4.57 Å². The van der Waals surface area contributed by atoms with Crippen LogP contribution in [0.3, 0.4) is 0 Å². The molecule has 1 aromatic heterocycles. The van der Waals surface area contributed by atoms with Gasteiger partial charge in [0.2, 0.25) is 0 Å². The molecule has 4 heteroatoms. The Labute approximate surface area is 123 Å². The Bertz CT molecular complexity index is 591. The lowest BCUT2D eigenvalue weighted by atomic mass is 9.98. The Balaban J connectivity index is 2.02. The summed E-state index contributed by atoms with van der Waals surface area (Å²) in [6.07, 6.45) is 3.99. The molecular formula is C15H18Cl2N2. The van der Waals surface area contributed by atoms with Crippen LogP contribution in [0.1, 0.15) is 32.0 Å². The number of hydrogen-bond acceptors (Lipinski definition) is 1. The Morgan fingerprint density at radius 1 is 1.37 bits per heavy atom. The van der Waals surface area contributed by atoms with Crippen molar-refractivity contribution in [1.29, 1.82) is 0 Å². The summed E-state index contributed by atoms with van der Waals surface area (Å²) in [6.45, 7) is 3.37. The van der Waals surface area contributed by atoms with Gasteiger partial charge in [-0.1, -0.05) is 31.4 Å². The van der Waals surface area contributed by atoms with Crippen LogP contribution in [0.25, 0.3) is 11.0 Å². The number of fused-ring (bicyclic) bond motifs is 1. The molecule has 0 amide bonds. The molecule has 1 fully saturated rings. The van der Waals surface area contributed by atoms with Crippen LogP contribution in [0.2, 0.25) is 5.02 Å². The third-order valence-electron chi connectivity index (χ3n) is 4.37. The number of benzene rings is 1. The van der Waals surface area contributed by atoms with Gasteiger partial charge in [0.05, 0.1) is 16.9 Å². The molecule has 3 rings (SSSR count). The molecule has 0 aliphatic heterocycles. The van der Waals surface area contributed by atoms with Crippen LogP contribution < -0.4 is 0 Å². The summed E-state index contributed by atoms with van der Waals surface area (Å²) in [5.74, 6) is 2.93. The molecule has 2 unspecified atom stereocenters. The van der Waals surface area contributed by atoms with Gasteiger partial charge in [-0.25, -0.2) is 4.98 Å². The number of nitrogens with zero attached hydrogens (tertiary/aromatic N) is 2. The van der Waals surface area contributed by atoms with Gasteiger partial charge in [0.25, 0.3) is 0 Å². The molecule has 2 atom stereocenters. The molecule has 1 saturated carbocycles. The number of aromatic nitrogens is 2. The lowest BCUT2D eigenvalue weighted by Crippen LogP contribution is -2.14. The summed E-state index contributed by atoms with van der Waals surface area (Å²) in [4.78, 5) is 4.61. The topological polar surface area (TPSA) is 17.8 Å². The summed E-state index contributed by atoms with van der Waals surface area (Å²) in [6, 6.07) is 5.86. The maximum absolute atomic E-state index is 6.11. The van der Waals surface area contributed by atoms with Crippen molar-refractivity contribution in [1.82, 2.24) is 9.55 Å². The summed E-state index contributed by atoms with van der Waals surface area (Å²) in [5, 5.41) is 0.759. The van der Waals surface area contributed by atoms with Crippen molar-refractivity contribution in [2.45, 2.75) is 38.6 Å². The zero-order valence-corrected chi connectivity index (χ0v) is 12.6. The van der Waals surface area contributed by atoms with Crippen LogP contribution >= 0.6 is 23.2 Å². The van der Waals surface area contributed by atoms with E-state index in [9.17, 15) is 0 Å². The minimum Gasteiger partial charge on any atom is -0.327 e. The van der Waals surface area contributed by atoms with Crippen molar-refractivity contribution < 1.29 is 0 Å². The fraction of sp³-hybridized carbons (Fsp3) is 0.533. The van der Waals surface area contributed by atoms with E-state index in [-0.39, 0.29) is 0 Å². The fourth-order valence-electron chi connectivity index (χ4n) is 3.18. The van der Waals surface area contributed by atoms with Gasteiger partial charge >= 0.3 is 0 Å². The largest absolute Gasteiger partial charge is 0.327 e. The highest BCUT2D eigenvalue weighted by molar-refractivity contribution is 6.31. The molecule has 0 bridgehead atoms. The smallest absolute Gasteiger partial charge is 0.124 e. The normalized spacial score (nSPS) is 23.3. The van der Waals surface area contributed by atoms with Gasteiger partial charge in [0.15, 0.2) is 0 Å². The third-order valence-corrected chi connectivity index (χ3v) is 4.84. The molecule has 1 aliphatic rings. The zero-order chi connectivity index (χ0) is 13.4. The number of hydrogen-bond donors (Lipinski definition) is 0. The molecule has 1 heterocycles. The van der Waals surface area contributed by atoms with E-state index in [1.807, 2.05) is 18.2 Å². The van der Waals surface area contributed by atoms with Gasteiger partial charge in [-0.2, -0.15) is 0 Å². The molecule has 19 heavy (non-hydrogen) atoms. The van der Waals surface area contributed by atoms with Crippen LogP contribution in [-0.2, 0) is 12.4 Å². The van der Waals surface area contributed by atoms with E-state index >= 15 is 0 Å². The van der Waals surface area contributed by atoms with Crippen molar-refractivity contribution in [2.24, 2.45) is 11.8 Å². The number of imidazole rings is 1. The van der Waals surface area contributed by atoms with E-state index in [0.29, 0.717) is 5.88 Å². The van der Waals surface area contributed by atoms with E-state index in [4.69, 9.17) is 23.2 Å². The Morgan fingerprint density at radius 2 is 2.21 bits per heavy atom. The van der Waals surface area contributed by atoms with Crippen molar-refractivity contribution in [3.05, 3.63) is 29.0 Å². The molecule has 0 N–H and O–H groups in total. The standard InChI is InChI=1S/C15H18Cl2N2/c1-10-3-2-4-11(10)9-19-14-7-12(17)5-6-13(14)18-15(19)8-16/h5-7,10-11H,2-4,8-9H2,1H3. The first-order valence-electron chi connectivity index (χ1n) is 6.89. The number of alkyl halides is 1. The number of halogens is 2. The molecule has 1 aliphatic carbocycles. The van der Waals surface area contributed by atoms with Gasteiger partial charge in [-0.3, -0.25) is 0 Å². The van der Waals surface area contributed by atoms with Gasteiger partial charge in [-0.15, -0.1) is 11.6 Å². The number of rotatable bonds is 3. The van der Waals surface area contributed by atoms with E-state index in [1.54, 1.807) is 0 Å². The Hall–Kier alpha value is -0.730. The zero-order valence-electron chi connectivity index (χ0n) is 11.1. The quantitative estimate of drug-likeness (QED) is 0.739. The second-order valence-corrected chi connectivity index (χ2v) is 6.28. The highest BCUT2D eigenvalue weighted by Gasteiger charge is 2.25. The first kappa shape index (κ1) is 13.3. The van der Waals surface area contributed by atoms with Gasteiger partial charge in [-0.05, 0) is 36.5 Å². The molecule has 102 valence electrons. The maximum atomic E-state index is 6.11. The van der Waals surface area contributed by atoms with E-state index in [0.717, 1.165) is 40.3 Å². The highest BCUT2D eigenvalue weighted by Crippen LogP contribution is 2.34. The predicted molar refractivity (Wildman–Crippen MR) is 80.8 cm³/mol. The van der Waals surface area contributed by atoms with Crippen molar-refractivity contribution in [2.75, 3.05) is 0 Å². The van der Waals surface area contributed by atoms with Crippen LogP contribution in [-0.4, -0.2) is 9.55 Å². The summed E-state index contributed by atoms with van der Waals surface area (Å²) >= 11 is 12.2. The summed E-state index contributed by atoms with van der Waals surface area (Å²) in [7, 11) is 0. The highest BCUT2D eigenvalue weighted by atomic mass is 35.5. The molecule has 2 aromatic rings. The monoisotopic (exact) mass is 296 g/mol. The predicted octanol–water partition coefficient (Wildman–Crippen LogP) is 4.86. The molecular weight excluding hydrogens is 279 g/mol. The molecule has 0 saturated heterocycles. The van der Waals surface area contributed by atoms with Crippen LogP contribution in [0.4, 0.5) is 0 Å². The molecule has 1 aromatic carbocycles. The van der Waals surface area contributed by atoms with Crippen LogP contribution in [0.5, 0.6) is 0 Å². The SMILES string of the molecule is CC1CCCC1Cn1c(CCl)nc2ccc(Cl)cc21. The molecule has 2 nitrogen and oxygen atoms in total. The second kappa shape index (κ2) is 5.34. The van der Waals surface area contributed by atoms with E-state index < -0.39 is 0 Å². The van der Waals surface area contributed by atoms with Gasteiger partial charge in [0.1, 0.15) is 5.82 Å². The Morgan fingerprint density at radius 3 is 2.89 bits per heavy atom. The van der Waals surface area contributed by atoms with Crippen LogP contribution in [0, 0.1) is 11.8 Å². The minimum atomic E-state index is 0.452. The van der Waals surface area contributed by atoms with Crippen LogP contribution in [0.15, 0.2) is 18.2 Å². The first-order valence-corrected chi connectivity index (χ1v) is 7.81. The first-order chi connectivity index (χ1) is 9.19. The fourth-order valence-corrected chi connectivity index (χ4v) is 3.55. The van der Waals surface area contributed by atoms with Crippen molar-refractivity contribution in [3.63, 3.8) is 0 Å². The van der Waals surface area contributed by atoms with E-state index in [1.165, 1.54) is 19.3 Å². The maximum Gasteiger partial charge on any atom is 0.124 e. The lowest BCUT2D eigenvalue weighted by molar-refractivity contribution is 0.364. The van der Waals surface area contributed by atoms with Crippen molar-refractivity contribution >= 4 is 34.2 Å². The molecule has 0 spiro atoms. The minimum absolute atomic E-state index is 0.452. The molecule has 0 radical (unpaired) electrons. The Kier molecular flexibility index (Phi) is 3.72. The average molecular weight is 297 g/mol. The van der Waals surface area contributed by atoms with Gasteiger partial charge in [0, 0.05) is 11.6 Å². The van der Waals surface area contributed by atoms with Crippen molar-refractivity contribution in [3.8, 4) is 0 Å². The van der Waals surface area contributed by atoms with E-state index in [2.05, 4.69) is 16.5 Å². The lowest BCUT2D eigenvalue weighted by Gasteiger charge is -2.18. The summed E-state index contributed by atoms with van der Waals surface area (Å²) in [5.41, 5.74) is 2.10. The second-order valence-electron chi connectivity index (χ2n) is 5.57. The average Bonchev–Trinajstić information content (AvgIpc) is 2.95. The third kappa shape index (κ3) is 2.48.